The summed E-state index contributed by atoms with van der Waals surface area (Å²) in [5.41, 5.74) is 2.71. The van der Waals surface area contributed by atoms with Crippen molar-refractivity contribution in [3.05, 3.63) is 6.33 Å². The second kappa shape index (κ2) is 2.13. The lowest BCUT2D eigenvalue weighted by atomic mass is 10.5. The molecule has 0 fully saturated rings. The molecule has 2 heterocycles. The molecule has 0 saturated heterocycles. The minimum atomic E-state index is 0.240. The van der Waals surface area contributed by atoms with Crippen LogP contribution in [0.1, 0.15) is 0 Å². The summed E-state index contributed by atoms with van der Waals surface area (Å²) in [6.07, 6.45) is 1.28. The fourth-order valence-electron chi connectivity index (χ4n) is 0.758. The molecule has 0 spiro atoms. The van der Waals surface area contributed by atoms with Crippen LogP contribution in [0.15, 0.2) is 6.33 Å². The van der Waals surface area contributed by atoms with Gasteiger partial charge in [0.2, 0.25) is 5.65 Å². The van der Waals surface area contributed by atoms with E-state index in [-0.39, 0.29) is 5.82 Å². The quantitative estimate of drug-likeness (QED) is 0.478. The van der Waals surface area contributed by atoms with Crippen LogP contribution in [0.25, 0.3) is 11.2 Å². The van der Waals surface area contributed by atoms with Crippen LogP contribution < -0.4 is 5.48 Å². The van der Waals surface area contributed by atoms with Crippen LogP contribution >= 0.6 is 0 Å². The Balaban J connectivity index is 2.79. The third-order valence-corrected chi connectivity index (χ3v) is 1.23. The Bertz CT molecular complexity index is 369. The van der Waals surface area contributed by atoms with Crippen LogP contribution in [0, 0.1) is 0 Å². The SMILES string of the molecule is ONc1ncnc2n[nH]nc12. The lowest BCUT2D eigenvalue weighted by Gasteiger charge is -1.93. The second-order valence-electron chi connectivity index (χ2n) is 1.83. The van der Waals surface area contributed by atoms with E-state index in [2.05, 4.69) is 25.4 Å². The lowest BCUT2D eigenvalue weighted by molar-refractivity contribution is 0.386. The number of aromatic nitrogens is 5. The molecule has 0 atom stereocenters. The number of H-pyrrole nitrogens is 1. The van der Waals surface area contributed by atoms with Crippen molar-refractivity contribution in [1.29, 1.82) is 0 Å². The van der Waals surface area contributed by atoms with Gasteiger partial charge in [0.15, 0.2) is 11.3 Å². The summed E-state index contributed by atoms with van der Waals surface area (Å²) in [7, 11) is 0. The van der Waals surface area contributed by atoms with Gasteiger partial charge in [-0.15, -0.1) is 5.10 Å². The van der Waals surface area contributed by atoms with Gasteiger partial charge in [0.05, 0.1) is 0 Å². The average Bonchev–Trinajstić information content (AvgIpc) is 2.50. The maximum Gasteiger partial charge on any atom is 0.206 e. The lowest BCUT2D eigenvalue weighted by Crippen LogP contribution is -1.94. The maximum atomic E-state index is 8.53. The summed E-state index contributed by atoms with van der Waals surface area (Å²) in [6.45, 7) is 0. The Labute approximate surface area is 60.4 Å². The fraction of sp³-hybridized carbons (Fsp3) is 0. The number of nitrogens with one attached hydrogen (secondary N) is 2. The highest BCUT2D eigenvalue weighted by molar-refractivity contribution is 5.80. The van der Waals surface area contributed by atoms with Gasteiger partial charge in [0.1, 0.15) is 6.33 Å². The summed E-state index contributed by atoms with van der Waals surface area (Å²) in [6, 6.07) is 0. The predicted molar refractivity (Wildman–Crippen MR) is 34.9 cm³/mol. The number of hydrogen-bond acceptors (Lipinski definition) is 6. The highest BCUT2D eigenvalue weighted by Crippen LogP contribution is 2.11. The van der Waals surface area contributed by atoms with Gasteiger partial charge in [-0.3, -0.25) is 10.7 Å². The van der Waals surface area contributed by atoms with Gasteiger partial charge < -0.3 is 0 Å². The summed E-state index contributed by atoms with van der Waals surface area (Å²) in [5.74, 6) is 0.240. The largest absolute Gasteiger partial charge is 0.290 e. The minimum absolute atomic E-state index is 0.240. The van der Waals surface area contributed by atoms with E-state index in [9.17, 15) is 0 Å². The van der Waals surface area contributed by atoms with Gasteiger partial charge in [-0.05, 0) is 0 Å². The first-order valence-corrected chi connectivity index (χ1v) is 2.83. The molecule has 0 aliphatic rings. The summed E-state index contributed by atoms with van der Waals surface area (Å²) in [5, 5.41) is 18.3. The van der Waals surface area contributed by atoms with Crippen molar-refractivity contribution in [3.63, 3.8) is 0 Å². The zero-order valence-electron chi connectivity index (χ0n) is 5.31. The van der Waals surface area contributed by atoms with Crippen molar-refractivity contribution in [1.82, 2.24) is 25.4 Å². The number of anilines is 1. The Kier molecular flexibility index (Phi) is 1.16. The van der Waals surface area contributed by atoms with Crippen LogP contribution in [-0.4, -0.2) is 30.6 Å². The monoisotopic (exact) mass is 152 g/mol. The molecule has 2 aromatic heterocycles. The van der Waals surface area contributed by atoms with Crippen molar-refractivity contribution < 1.29 is 5.21 Å². The minimum Gasteiger partial charge on any atom is -0.290 e. The molecule has 0 aliphatic heterocycles. The number of fused-ring (bicyclic) bond motifs is 1. The fourth-order valence-corrected chi connectivity index (χ4v) is 0.758. The molecule has 0 radical (unpaired) electrons. The van der Waals surface area contributed by atoms with E-state index in [1.807, 2.05) is 5.48 Å². The first kappa shape index (κ1) is 5.98. The van der Waals surface area contributed by atoms with Crippen LogP contribution in [0.3, 0.4) is 0 Å². The first-order chi connectivity index (χ1) is 5.42. The highest BCUT2D eigenvalue weighted by atomic mass is 16.5. The van der Waals surface area contributed by atoms with Gasteiger partial charge in [-0.2, -0.15) is 10.3 Å². The zero-order valence-corrected chi connectivity index (χ0v) is 5.31. The van der Waals surface area contributed by atoms with Gasteiger partial charge in [-0.25, -0.2) is 9.97 Å². The molecule has 0 aromatic carbocycles. The Morgan fingerprint density at radius 1 is 1.36 bits per heavy atom. The average molecular weight is 152 g/mol. The van der Waals surface area contributed by atoms with Crippen LogP contribution in [0.2, 0.25) is 0 Å². The molecule has 0 bridgehead atoms. The zero-order chi connectivity index (χ0) is 7.68. The maximum absolute atomic E-state index is 8.53. The van der Waals surface area contributed by atoms with Crippen LogP contribution in [-0.2, 0) is 0 Å². The number of aromatic amines is 1. The van der Waals surface area contributed by atoms with E-state index in [4.69, 9.17) is 5.21 Å². The Morgan fingerprint density at radius 2 is 2.27 bits per heavy atom. The molecule has 2 rings (SSSR count). The first-order valence-electron chi connectivity index (χ1n) is 2.83. The number of hydrogen-bond donors (Lipinski definition) is 3. The van der Waals surface area contributed by atoms with Crippen molar-refractivity contribution in [3.8, 4) is 0 Å². The third kappa shape index (κ3) is 0.783. The number of rotatable bonds is 1. The molecule has 0 aliphatic carbocycles. The molecular weight excluding hydrogens is 148 g/mol. The van der Waals surface area contributed by atoms with Crippen molar-refractivity contribution in [2.24, 2.45) is 0 Å². The third-order valence-electron chi connectivity index (χ3n) is 1.23. The predicted octanol–water partition coefficient (Wildman–Crippen LogP) is -0.451. The Hall–Kier alpha value is -1.76. The van der Waals surface area contributed by atoms with Crippen molar-refractivity contribution in [2.75, 3.05) is 5.48 Å². The smallest absolute Gasteiger partial charge is 0.206 e. The standard InChI is InChI=1S/C4H4N6O/c11-9-4-2-3(5-1-6-4)8-10-7-2/h1,11H,(H2,5,6,7,8,9,10). The van der Waals surface area contributed by atoms with Gasteiger partial charge >= 0.3 is 0 Å². The molecule has 7 heteroatoms. The van der Waals surface area contributed by atoms with E-state index in [1.54, 1.807) is 0 Å². The van der Waals surface area contributed by atoms with Crippen molar-refractivity contribution in [2.45, 2.75) is 0 Å². The molecule has 3 N–H and O–H groups in total. The molecule has 0 saturated carbocycles. The molecule has 0 amide bonds. The Morgan fingerprint density at radius 3 is 3.09 bits per heavy atom. The summed E-state index contributed by atoms with van der Waals surface area (Å²) >= 11 is 0. The van der Waals surface area contributed by atoms with Gasteiger partial charge in [-0.1, -0.05) is 0 Å². The van der Waals surface area contributed by atoms with Crippen LogP contribution in [0.5, 0.6) is 0 Å². The molecule has 7 nitrogen and oxygen atoms in total. The molecule has 2 aromatic rings. The van der Waals surface area contributed by atoms with Crippen LogP contribution in [0.4, 0.5) is 5.82 Å². The molecule has 0 unspecified atom stereocenters. The van der Waals surface area contributed by atoms with Gasteiger partial charge in [0, 0.05) is 0 Å². The molecule has 56 valence electrons. The topological polar surface area (TPSA) is 99.6 Å². The normalized spacial score (nSPS) is 10.3. The second-order valence-corrected chi connectivity index (χ2v) is 1.83. The summed E-state index contributed by atoms with van der Waals surface area (Å²) in [4.78, 5) is 7.49. The van der Waals surface area contributed by atoms with E-state index < -0.39 is 0 Å². The highest BCUT2D eigenvalue weighted by Gasteiger charge is 2.04. The summed E-state index contributed by atoms with van der Waals surface area (Å²) < 4.78 is 0. The molecular formula is C4H4N6O. The van der Waals surface area contributed by atoms with E-state index >= 15 is 0 Å². The molecule has 11 heavy (non-hydrogen) atoms. The van der Waals surface area contributed by atoms with E-state index in [1.165, 1.54) is 6.33 Å². The van der Waals surface area contributed by atoms with E-state index in [0.717, 1.165) is 0 Å². The van der Waals surface area contributed by atoms with Crippen molar-refractivity contribution >= 4 is 17.0 Å². The number of nitrogens with zero attached hydrogens (tertiary/aromatic N) is 4. The van der Waals surface area contributed by atoms with Gasteiger partial charge in [0.25, 0.3) is 0 Å². The van der Waals surface area contributed by atoms with E-state index in [0.29, 0.717) is 11.2 Å².